The van der Waals surface area contributed by atoms with E-state index in [4.69, 9.17) is 0 Å². The Bertz CT molecular complexity index is 8.00. The number of hydrogen-bond acceptors (Lipinski definition) is 2. The maximum Gasteiger partial charge on any atom is 2.00 e. The molecule has 0 amide bonds. The van der Waals surface area contributed by atoms with Gasteiger partial charge in [0.05, 0.1) is 0 Å². The Hall–Kier alpha value is 1.57. The first kappa shape index (κ1) is 17.6. The van der Waals surface area contributed by atoms with Crippen molar-refractivity contribution >= 4 is 50.4 Å². The molecule has 0 aromatic carbocycles. The average Bonchev–Trinajstić information content (AvgIpc) is 1.00. The number of rotatable bonds is 0. The van der Waals surface area contributed by atoms with Crippen LogP contribution < -0.4 is 0 Å². The molecule has 0 fully saturated rings. The van der Waals surface area contributed by atoms with E-state index in [-0.39, 0.29) is 43.2 Å². The zero-order chi connectivity index (χ0) is 2.00. The minimum Gasteiger partial charge on any atom is -0.870 e. The standard InChI is InChI=1S/CH4S.Ca.H2O/c1-2;;/h2H,1H3;;1H2/q;+2;/p-2. The molecule has 3 heteroatoms. The fourth-order valence-electron chi connectivity index (χ4n) is 0. The molecule has 0 saturated carbocycles. The van der Waals surface area contributed by atoms with Crippen LogP contribution >= 0.6 is 0 Å². The molecule has 0 unspecified atom stereocenters. The smallest absolute Gasteiger partial charge is 0.870 e. The molecule has 4 heavy (non-hydrogen) atoms. The molecule has 0 rings (SSSR count). The Kier molecular flexibility index (Phi) is 104. The topological polar surface area (TPSA) is 30.0 Å². The molecule has 0 aromatic heterocycles. The van der Waals surface area contributed by atoms with Crippen molar-refractivity contribution in [2.24, 2.45) is 0 Å². The SMILES string of the molecule is C[S-].[Ca+2].[OH-]. The van der Waals surface area contributed by atoms with E-state index in [1.807, 2.05) is 0 Å². The summed E-state index contributed by atoms with van der Waals surface area (Å²) in [5.41, 5.74) is 0. The zero-order valence-electron chi connectivity index (χ0n) is 2.56. The molecule has 0 atom stereocenters. The summed E-state index contributed by atoms with van der Waals surface area (Å²) in [7, 11) is 0. The van der Waals surface area contributed by atoms with Crippen LogP contribution in [0.1, 0.15) is 0 Å². The van der Waals surface area contributed by atoms with E-state index < -0.39 is 0 Å². The summed E-state index contributed by atoms with van der Waals surface area (Å²) >= 11 is 4.08. The van der Waals surface area contributed by atoms with Gasteiger partial charge in [0.1, 0.15) is 0 Å². The minimum atomic E-state index is 0. The normalized spacial score (nSPS) is 1.50. The van der Waals surface area contributed by atoms with E-state index in [2.05, 4.69) is 12.6 Å². The maximum absolute atomic E-state index is 4.08. The Morgan fingerprint density at radius 1 is 1.25 bits per heavy atom. The van der Waals surface area contributed by atoms with Gasteiger partial charge in [0, 0.05) is 0 Å². The zero-order valence-corrected chi connectivity index (χ0v) is 5.59. The molecule has 0 aliphatic carbocycles. The minimum absolute atomic E-state index is 0. The van der Waals surface area contributed by atoms with Gasteiger partial charge in [0.15, 0.2) is 0 Å². The van der Waals surface area contributed by atoms with Gasteiger partial charge in [-0.3, -0.25) is 0 Å². The molecule has 0 aliphatic rings. The third kappa shape index (κ3) is 9.57. The van der Waals surface area contributed by atoms with E-state index in [1.54, 1.807) is 6.26 Å². The van der Waals surface area contributed by atoms with Crippen molar-refractivity contribution in [1.29, 1.82) is 0 Å². The number of hydrogen-bond donors (Lipinski definition) is 0. The summed E-state index contributed by atoms with van der Waals surface area (Å²) in [6, 6.07) is 0. The van der Waals surface area contributed by atoms with Crippen LogP contribution in [-0.2, 0) is 12.6 Å². The Morgan fingerprint density at radius 2 is 1.25 bits per heavy atom. The molecule has 1 nitrogen and oxygen atoms in total. The van der Waals surface area contributed by atoms with Crippen LogP contribution in [0.15, 0.2) is 0 Å². The Morgan fingerprint density at radius 3 is 1.25 bits per heavy atom. The molecule has 0 saturated heterocycles. The summed E-state index contributed by atoms with van der Waals surface area (Å²) < 4.78 is 0. The van der Waals surface area contributed by atoms with Gasteiger partial charge in [-0.25, -0.2) is 0 Å². The van der Waals surface area contributed by atoms with Crippen LogP contribution in [-0.4, -0.2) is 49.5 Å². The molecule has 0 aromatic rings. The molecular weight excluding hydrogens is 100 g/mol. The van der Waals surface area contributed by atoms with Crippen LogP contribution in [0.2, 0.25) is 0 Å². The van der Waals surface area contributed by atoms with Gasteiger partial charge in [0.25, 0.3) is 0 Å². The van der Waals surface area contributed by atoms with Gasteiger partial charge in [-0.15, -0.1) is 0 Å². The molecule has 1 N–H and O–H groups in total. The first-order valence-corrected chi connectivity index (χ1v) is 1.22. The van der Waals surface area contributed by atoms with Gasteiger partial charge in [-0.1, -0.05) is 0 Å². The van der Waals surface area contributed by atoms with E-state index >= 15 is 0 Å². The quantitative estimate of drug-likeness (QED) is 0.309. The van der Waals surface area contributed by atoms with Crippen LogP contribution in [0.25, 0.3) is 0 Å². The summed E-state index contributed by atoms with van der Waals surface area (Å²) in [4.78, 5) is 0. The molecule has 0 spiro atoms. The van der Waals surface area contributed by atoms with E-state index in [0.717, 1.165) is 0 Å². The second-order valence-corrected chi connectivity index (χ2v) is 0. The van der Waals surface area contributed by atoms with Gasteiger partial charge in [-0.05, 0) is 0 Å². The van der Waals surface area contributed by atoms with Gasteiger partial charge in [0.2, 0.25) is 0 Å². The molecule has 0 aliphatic heterocycles. The van der Waals surface area contributed by atoms with Crippen molar-refractivity contribution in [3.63, 3.8) is 0 Å². The van der Waals surface area contributed by atoms with Crippen molar-refractivity contribution in [1.82, 2.24) is 0 Å². The Balaban J connectivity index is -0.00000000500. The molecule has 0 radical (unpaired) electrons. The van der Waals surface area contributed by atoms with E-state index in [1.165, 1.54) is 0 Å². The van der Waals surface area contributed by atoms with Crippen molar-refractivity contribution in [3.05, 3.63) is 0 Å². The van der Waals surface area contributed by atoms with Gasteiger partial charge >= 0.3 is 37.7 Å². The predicted molar refractivity (Wildman–Crippen MR) is 21.0 cm³/mol. The van der Waals surface area contributed by atoms with E-state index in [9.17, 15) is 0 Å². The second-order valence-electron chi connectivity index (χ2n) is 0. The van der Waals surface area contributed by atoms with Crippen molar-refractivity contribution in [2.45, 2.75) is 0 Å². The third-order valence-corrected chi connectivity index (χ3v) is 0. The van der Waals surface area contributed by atoms with Crippen LogP contribution in [0.4, 0.5) is 0 Å². The molecule has 0 bridgehead atoms. The summed E-state index contributed by atoms with van der Waals surface area (Å²) in [5, 5.41) is 0. The first-order chi connectivity index (χ1) is 1.00. The molecule has 0 heterocycles. The largest absolute Gasteiger partial charge is 2.00 e. The summed E-state index contributed by atoms with van der Waals surface area (Å²) in [6.07, 6.45) is 1.58. The van der Waals surface area contributed by atoms with Crippen LogP contribution in [0, 0.1) is 0 Å². The monoisotopic (exact) mass is 104 g/mol. The molecular formula is CH4CaOS. The first-order valence-electron chi connectivity index (χ1n) is 0.408. The fourth-order valence-corrected chi connectivity index (χ4v) is 0. The molecule has 22 valence electrons. The van der Waals surface area contributed by atoms with Gasteiger partial charge < -0.3 is 18.1 Å². The maximum atomic E-state index is 4.08. The summed E-state index contributed by atoms with van der Waals surface area (Å²) in [5.74, 6) is 0. The van der Waals surface area contributed by atoms with E-state index in [0.29, 0.717) is 0 Å². The van der Waals surface area contributed by atoms with Gasteiger partial charge in [-0.2, -0.15) is 6.26 Å². The average molecular weight is 104 g/mol. The summed E-state index contributed by atoms with van der Waals surface area (Å²) in [6.45, 7) is 0. The van der Waals surface area contributed by atoms with Crippen molar-refractivity contribution in [3.8, 4) is 0 Å². The second kappa shape index (κ2) is 23.6. The third-order valence-electron chi connectivity index (χ3n) is 0. The van der Waals surface area contributed by atoms with Crippen molar-refractivity contribution < 1.29 is 5.48 Å². The predicted octanol–water partition coefficient (Wildman–Crippen LogP) is -0.395. The van der Waals surface area contributed by atoms with Crippen LogP contribution in [0.3, 0.4) is 0 Å². The Labute approximate surface area is 61.5 Å². The van der Waals surface area contributed by atoms with Crippen molar-refractivity contribution in [2.75, 3.05) is 6.26 Å². The van der Waals surface area contributed by atoms with Crippen LogP contribution in [0.5, 0.6) is 0 Å². The fraction of sp³-hybridized carbons (Fsp3) is 1.00.